The zero-order valence-corrected chi connectivity index (χ0v) is 12.5. The number of benzene rings is 2. The second kappa shape index (κ2) is 6.45. The summed E-state index contributed by atoms with van der Waals surface area (Å²) in [7, 11) is 0. The molecular weight excluding hydrogens is 298 g/mol. The summed E-state index contributed by atoms with van der Waals surface area (Å²) in [6, 6.07) is 16.9. The molecule has 0 bridgehead atoms. The summed E-state index contributed by atoms with van der Waals surface area (Å²) >= 11 is 6.02. The van der Waals surface area contributed by atoms with Crippen molar-refractivity contribution in [2.24, 2.45) is 0 Å². The van der Waals surface area contributed by atoms with Gasteiger partial charge in [-0.3, -0.25) is 9.48 Å². The van der Waals surface area contributed by atoms with Crippen molar-refractivity contribution in [3.63, 3.8) is 0 Å². The smallest absolute Gasteiger partial charge is 0.257 e. The normalized spacial score (nSPS) is 10.4. The average molecular weight is 312 g/mol. The number of halogens is 1. The van der Waals surface area contributed by atoms with Gasteiger partial charge in [0.2, 0.25) is 0 Å². The van der Waals surface area contributed by atoms with Crippen LogP contribution in [-0.2, 0) is 6.54 Å². The van der Waals surface area contributed by atoms with Crippen molar-refractivity contribution in [1.29, 1.82) is 0 Å². The van der Waals surface area contributed by atoms with Crippen molar-refractivity contribution in [1.82, 2.24) is 9.78 Å². The predicted octanol–water partition coefficient (Wildman–Crippen LogP) is 3.84. The first kappa shape index (κ1) is 14.4. The third-order valence-corrected chi connectivity index (χ3v) is 3.53. The Morgan fingerprint density at radius 1 is 1.09 bits per heavy atom. The fourth-order valence-electron chi connectivity index (χ4n) is 2.13. The summed E-state index contributed by atoms with van der Waals surface area (Å²) in [5.74, 6) is -0.245. The van der Waals surface area contributed by atoms with Crippen molar-refractivity contribution < 1.29 is 4.79 Å². The van der Waals surface area contributed by atoms with Crippen LogP contribution in [0.4, 0.5) is 5.69 Å². The molecule has 0 aliphatic carbocycles. The highest BCUT2D eigenvalue weighted by atomic mass is 35.5. The summed E-state index contributed by atoms with van der Waals surface area (Å²) in [5, 5.41) is 7.48. The summed E-state index contributed by atoms with van der Waals surface area (Å²) in [6.07, 6.45) is 3.42. The number of nitrogens with zero attached hydrogens (tertiary/aromatic N) is 2. The van der Waals surface area contributed by atoms with Crippen LogP contribution in [0.5, 0.6) is 0 Å². The quantitative estimate of drug-likeness (QED) is 0.796. The molecule has 4 nitrogen and oxygen atoms in total. The molecule has 22 heavy (non-hydrogen) atoms. The topological polar surface area (TPSA) is 46.9 Å². The molecule has 5 heteroatoms. The monoisotopic (exact) mass is 311 g/mol. The second-order valence-corrected chi connectivity index (χ2v) is 5.25. The highest BCUT2D eigenvalue weighted by molar-refractivity contribution is 6.34. The second-order valence-electron chi connectivity index (χ2n) is 4.85. The maximum Gasteiger partial charge on any atom is 0.257 e. The Balaban J connectivity index is 1.69. The van der Waals surface area contributed by atoms with E-state index in [1.165, 1.54) is 0 Å². The van der Waals surface area contributed by atoms with E-state index in [9.17, 15) is 4.79 Å². The van der Waals surface area contributed by atoms with Gasteiger partial charge in [0.15, 0.2) is 0 Å². The molecule has 2 aromatic carbocycles. The van der Waals surface area contributed by atoms with E-state index in [-0.39, 0.29) is 5.91 Å². The molecule has 3 rings (SSSR count). The number of aromatic nitrogens is 2. The van der Waals surface area contributed by atoms with E-state index < -0.39 is 0 Å². The van der Waals surface area contributed by atoms with Crippen LogP contribution < -0.4 is 5.32 Å². The van der Waals surface area contributed by atoms with Gasteiger partial charge in [-0.2, -0.15) is 5.10 Å². The van der Waals surface area contributed by atoms with Gasteiger partial charge in [0, 0.05) is 6.20 Å². The highest BCUT2D eigenvalue weighted by Crippen LogP contribution is 2.17. The van der Waals surface area contributed by atoms with Gasteiger partial charge >= 0.3 is 0 Å². The Morgan fingerprint density at radius 3 is 2.59 bits per heavy atom. The lowest BCUT2D eigenvalue weighted by Crippen LogP contribution is -2.11. The molecule has 0 saturated heterocycles. The van der Waals surface area contributed by atoms with Crippen molar-refractivity contribution in [2.75, 3.05) is 5.32 Å². The number of carbonyl (C=O) groups excluding carboxylic acids is 1. The number of hydrogen-bond donors (Lipinski definition) is 1. The Labute approximate surface area is 133 Å². The molecule has 0 aliphatic rings. The zero-order chi connectivity index (χ0) is 15.4. The molecule has 0 radical (unpaired) electrons. The Bertz CT molecular complexity index is 783. The summed E-state index contributed by atoms with van der Waals surface area (Å²) < 4.78 is 1.78. The summed E-state index contributed by atoms with van der Waals surface area (Å²) in [6.45, 7) is 0.656. The van der Waals surface area contributed by atoms with Crippen LogP contribution >= 0.6 is 11.6 Å². The van der Waals surface area contributed by atoms with E-state index >= 15 is 0 Å². The fraction of sp³-hybridized carbons (Fsp3) is 0.0588. The first-order chi connectivity index (χ1) is 10.7. The third-order valence-electron chi connectivity index (χ3n) is 3.20. The van der Waals surface area contributed by atoms with Crippen molar-refractivity contribution in [2.45, 2.75) is 6.54 Å². The van der Waals surface area contributed by atoms with E-state index in [0.29, 0.717) is 22.8 Å². The number of rotatable bonds is 4. The molecule has 1 N–H and O–H groups in total. The van der Waals surface area contributed by atoms with Crippen molar-refractivity contribution in [3.8, 4) is 0 Å². The molecule has 0 aliphatic heterocycles. The van der Waals surface area contributed by atoms with E-state index in [0.717, 1.165) is 5.56 Å². The van der Waals surface area contributed by atoms with Crippen LogP contribution in [0.3, 0.4) is 0 Å². The SMILES string of the molecule is O=C(Nc1cnn(Cc2ccccc2)c1)c1ccccc1Cl. The lowest BCUT2D eigenvalue weighted by molar-refractivity contribution is 0.102. The number of hydrogen-bond acceptors (Lipinski definition) is 2. The average Bonchev–Trinajstić information content (AvgIpc) is 2.95. The minimum atomic E-state index is -0.245. The minimum Gasteiger partial charge on any atom is -0.319 e. The maximum atomic E-state index is 12.2. The van der Waals surface area contributed by atoms with E-state index in [1.54, 1.807) is 41.3 Å². The molecule has 110 valence electrons. The molecular formula is C17H14ClN3O. The molecule has 3 aromatic rings. The van der Waals surface area contributed by atoms with Crippen molar-refractivity contribution >= 4 is 23.2 Å². The van der Waals surface area contributed by atoms with Gasteiger partial charge in [0.1, 0.15) is 0 Å². The molecule has 1 amide bonds. The van der Waals surface area contributed by atoms with Crippen molar-refractivity contribution in [3.05, 3.63) is 83.1 Å². The number of anilines is 1. The van der Waals surface area contributed by atoms with Crippen LogP contribution in [0.1, 0.15) is 15.9 Å². The maximum absolute atomic E-state index is 12.2. The Hall–Kier alpha value is -2.59. The highest BCUT2D eigenvalue weighted by Gasteiger charge is 2.10. The number of carbonyl (C=O) groups is 1. The molecule has 0 saturated carbocycles. The first-order valence-corrected chi connectivity index (χ1v) is 7.22. The fourth-order valence-corrected chi connectivity index (χ4v) is 2.35. The van der Waals surface area contributed by atoms with Crippen LogP contribution in [0.15, 0.2) is 67.0 Å². The Morgan fingerprint density at radius 2 is 1.82 bits per heavy atom. The standard InChI is InChI=1S/C17H14ClN3O/c18-16-9-5-4-8-15(16)17(22)20-14-10-19-21(12-14)11-13-6-2-1-3-7-13/h1-10,12H,11H2,(H,20,22). The zero-order valence-electron chi connectivity index (χ0n) is 11.7. The van der Waals surface area contributed by atoms with Crippen LogP contribution in [-0.4, -0.2) is 15.7 Å². The predicted molar refractivity (Wildman–Crippen MR) is 87.2 cm³/mol. The van der Waals surface area contributed by atoms with Crippen LogP contribution in [0, 0.1) is 0 Å². The largest absolute Gasteiger partial charge is 0.319 e. The summed E-state index contributed by atoms with van der Waals surface area (Å²) in [4.78, 5) is 12.2. The first-order valence-electron chi connectivity index (χ1n) is 6.84. The van der Waals surface area contributed by atoms with Gasteiger partial charge in [-0.1, -0.05) is 54.1 Å². The van der Waals surface area contributed by atoms with Gasteiger partial charge < -0.3 is 5.32 Å². The van der Waals surface area contributed by atoms with Gasteiger partial charge in [0.25, 0.3) is 5.91 Å². The van der Waals surface area contributed by atoms with Gasteiger partial charge in [-0.25, -0.2) is 0 Å². The van der Waals surface area contributed by atoms with Crippen LogP contribution in [0.2, 0.25) is 5.02 Å². The van der Waals surface area contributed by atoms with Gasteiger partial charge in [-0.15, -0.1) is 0 Å². The lowest BCUT2D eigenvalue weighted by Gasteiger charge is -2.04. The lowest BCUT2D eigenvalue weighted by atomic mass is 10.2. The van der Waals surface area contributed by atoms with Gasteiger partial charge in [-0.05, 0) is 17.7 Å². The van der Waals surface area contributed by atoms with E-state index in [2.05, 4.69) is 10.4 Å². The van der Waals surface area contributed by atoms with E-state index in [1.807, 2.05) is 30.3 Å². The molecule has 0 atom stereocenters. The molecule has 0 fully saturated rings. The van der Waals surface area contributed by atoms with E-state index in [4.69, 9.17) is 11.6 Å². The molecule has 0 unspecified atom stereocenters. The molecule has 1 aromatic heterocycles. The van der Waals surface area contributed by atoms with Crippen LogP contribution in [0.25, 0.3) is 0 Å². The molecule has 0 spiro atoms. The molecule has 1 heterocycles. The third kappa shape index (κ3) is 3.35. The number of nitrogens with one attached hydrogen (secondary N) is 1. The Kier molecular flexibility index (Phi) is 4.21. The number of amides is 1. The summed E-state index contributed by atoms with van der Waals surface area (Å²) in [5.41, 5.74) is 2.23. The minimum absolute atomic E-state index is 0.245. The van der Waals surface area contributed by atoms with Gasteiger partial charge in [0.05, 0.1) is 29.0 Å².